The maximum Gasteiger partial charge on any atom is 0.294 e. The Labute approximate surface area is 104 Å². The number of nitrogens with zero attached hydrogens (tertiary/aromatic N) is 1. The number of nitrogens with one attached hydrogen (secondary N) is 1. The molecular weight excluding hydrogens is 236 g/mol. The van der Waals surface area contributed by atoms with E-state index in [0.717, 1.165) is 18.0 Å². The molecule has 2 rings (SSSR count). The van der Waals surface area contributed by atoms with Crippen LogP contribution < -0.4 is 5.32 Å². The standard InChI is InChI=1S/C12H14N2O2S/c15-11(4-3-10-2-1-9-17-10)12(16)14-7-5-13-6-8-14/h1-4,9,13H,5-8H2/b4-3+. The van der Waals surface area contributed by atoms with E-state index in [0.29, 0.717) is 13.1 Å². The third kappa shape index (κ3) is 3.25. The molecule has 0 bridgehead atoms. The highest BCUT2D eigenvalue weighted by molar-refractivity contribution is 7.10. The summed E-state index contributed by atoms with van der Waals surface area (Å²) >= 11 is 1.54. The zero-order valence-corrected chi connectivity index (χ0v) is 10.2. The minimum atomic E-state index is -0.444. The van der Waals surface area contributed by atoms with Crippen molar-refractivity contribution in [1.29, 1.82) is 0 Å². The van der Waals surface area contributed by atoms with Crippen molar-refractivity contribution in [3.8, 4) is 0 Å². The van der Waals surface area contributed by atoms with Crippen LogP contribution in [0.25, 0.3) is 6.08 Å². The van der Waals surface area contributed by atoms with Gasteiger partial charge in [-0.3, -0.25) is 9.59 Å². The van der Waals surface area contributed by atoms with Crippen molar-refractivity contribution < 1.29 is 9.59 Å². The number of rotatable bonds is 3. The van der Waals surface area contributed by atoms with Crippen LogP contribution in [0.15, 0.2) is 23.6 Å². The Kier molecular flexibility index (Phi) is 4.06. The topological polar surface area (TPSA) is 49.4 Å². The summed E-state index contributed by atoms with van der Waals surface area (Å²) in [6.07, 6.45) is 3.04. The average molecular weight is 250 g/mol. The Hall–Kier alpha value is -1.46. The van der Waals surface area contributed by atoms with Gasteiger partial charge in [0, 0.05) is 31.1 Å². The Morgan fingerprint density at radius 2 is 2.12 bits per heavy atom. The first-order chi connectivity index (χ1) is 8.27. The molecule has 1 aliphatic heterocycles. The Morgan fingerprint density at radius 1 is 1.35 bits per heavy atom. The largest absolute Gasteiger partial charge is 0.333 e. The molecule has 0 saturated carbocycles. The van der Waals surface area contributed by atoms with Gasteiger partial charge in [-0.15, -0.1) is 11.3 Å². The van der Waals surface area contributed by atoms with E-state index in [1.807, 2.05) is 17.5 Å². The van der Waals surface area contributed by atoms with Gasteiger partial charge < -0.3 is 10.2 Å². The molecule has 1 N–H and O–H groups in total. The highest BCUT2D eigenvalue weighted by Gasteiger charge is 2.20. The minimum Gasteiger partial charge on any atom is -0.333 e. The van der Waals surface area contributed by atoms with Crippen molar-refractivity contribution in [2.75, 3.05) is 26.2 Å². The number of hydrogen-bond acceptors (Lipinski definition) is 4. The third-order valence-corrected chi connectivity index (χ3v) is 3.39. The number of ketones is 1. The molecule has 0 aromatic carbocycles. The van der Waals surface area contributed by atoms with Gasteiger partial charge in [0.25, 0.3) is 5.91 Å². The van der Waals surface area contributed by atoms with Crippen LogP contribution in [-0.4, -0.2) is 42.8 Å². The maximum absolute atomic E-state index is 11.8. The van der Waals surface area contributed by atoms with E-state index in [4.69, 9.17) is 0 Å². The van der Waals surface area contributed by atoms with Crippen molar-refractivity contribution in [2.24, 2.45) is 0 Å². The highest BCUT2D eigenvalue weighted by atomic mass is 32.1. The van der Waals surface area contributed by atoms with Crippen molar-refractivity contribution in [1.82, 2.24) is 10.2 Å². The Morgan fingerprint density at radius 3 is 2.76 bits per heavy atom. The van der Waals surface area contributed by atoms with Crippen LogP contribution >= 0.6 is 11.3 Å². The Bertz CT molecular complexity index is 420. The fourth-order valence-electron chi connectivity index (χ4n) is 1.64. The molecule has 1 aliphatic rings. The summed E-state index contributed by atoms with van der Waals surface area (Å²) in [4.78, 5) is 26.0. The molecule has 0 aliphatic carbocycles. The molecule has 90 valence electrons. The molecule has 0 radical (unpaired) electrons. The number of amides is 1. The minimum absolute atomic E-state index is 0.403. The van der Waals surface area contributed by atoms with Gasteiger partial charge in [0.2, 0.25) is 5.78 Å². The predicted octanol–water partition coefficient (Wildman–Crippen LogP) is 0.762. The van der Waals surface area contributed by atoms with Crippen LogP contribution in [0, 0.1) is 0 Å². The molecule has 0 spiro atoms. The van der Waals surface area contributed by atoms with Gasteiger partial charge in [-0.1, -0.05) is 6.07 Å². The van der Waals surface area contributed by atoms with E-state index < -0.39 is 11.7 Å². The first-order valence-corrected chi connectivity index (χ1v) is 6.41. The van der Waals surface area contributed by atoms with E-state index >= 15 is 0 Å². The lowest BCUT2D eigenvalue weighted by atomic mass is 10.2. The van der Waals surface area contributed by atoms with Crippen LogP contribution in [0.1, 0.15) is 4.88 Å². The first-order valence-electron chi connectivity index (χ1n) is 5.53. The fraction of sp³-hybridized carbons (Fsp3) is 0.333. The summed E-state index contributed by atoms with van der Waals surface area (Å²) in [6.45, 7) is 2.73. The maximum atomic E-state index is 11.8. The van der Waals surface area contributed by atoms with E-state index in [-0.39, 0.29) is 0 Å². The molecule has 1 saturated heterocycles. The summed E-state index contributed by atoms with van der Waals surface area (Å²) in [5.41, 5.74) is 0. The molecule has 0 unspecified atom stereocenters. The number of carbonyl (C=O) groups is 2. The smallest absolute Gasteiger partial charge is 0.294 e. The lowest BCUT2D eigenvalue weighted by molar-refractivity contribution is -0.142. The molecular formula is C12H14N2O2S. The van der Waals surface area contributed by atoms with Gasteiger partial charge in [0.15, 0.2) is 0 Å². The van der Waals surface area contributed by atoms with Crippen LogP contribution in [-0.2, 0) is 9.59 Å². The normalized spacial score (nSPS) is 16.4. The highest BCUT2D eigenvalue weighted by Crippen LogP contribution is 2.10. The summed E-state index contributed by atoms with van der Waals surface area (Å²) in [7, 11) is 0. The van der Waals surface area contributed by atoms with Crippen molar-refractivity contribution in [3.05, 3.63) is 28.5 Å². The number of hydrogen-bond donors (Lipinski definition) is 1. The summed E-state index contributed by atoms with van der Waals surface area (Å²) in [6, 6.07) is 3.82. The predicted molar refractivity (Wildman–Crippen MR) is 67.8 cm³/mol. The van der Waals surface area contributed by atoms with Crippen LogP contribution in [0.4, 0.5) is 0 Å². The first kappa shape index (κ1) is 12.0. The molecule has 1 fully saturated rings. The van der Waals surface area contributed by atoms with Crippen LogP contribution in [0.3, 0.4) is 0 Å². The second kappa shape index (κ2) is 5.75. The average Bonchev–Trinajstić information content (AvgIpc) is 2.89. The van der Waals surface area contributed by atoms with Gasteiger partial charge >= 0.3 is 0 Å². The van der Waals surface area contributed by atoms with Gasteiger partial charge in [-0.05, 0) is 23.6 Å². The van der Waals surface area contributed by atoms with Gasteiger partial charge in [-0.25, -0.2) is 0 Å². The van der Waals surface area contributed by atoms with E-state index in [9.17, 15) is 9.59 Å². The summed E-state index contributed by atoms with van der Waals surface area (Å²) < 4.78 is 0. The summed E-state index contributed by atoms with van der Waals surface area (Å²) in [5, 5.41) is 5.07. The van der Waals surface area contributed by atoms with Crippen LogP contribution in [0.2, 0.25) is 0 Å². The van der Waals surface area contributed by atoms with E-state index in [2.05, 4.69) is 5.32 Å². The zero-order valence-electron chi connectivity index (χ0n) is 9.39. The summed E-state index contributed by atoms with van der Waals surface area (Å²) in [5.74, 6) is -0.848. The number of piperazine rings is 1. The lowest BCUT2D eigenvalue weighted by Gasteiger charge is -2.26. The second-order valence-corrected chi connectivity index (χ2v) is 4.73. The van der Waals surface area contributed by atoms with Crippen molar-refractivity contribution >= 4 is 29.1 Å². The Balaban J connectivity index is 1.93. The molecule has 1 aromatic rings. The van der Waals surface area contributed by atoms with Crippen LogP contribution in [0.5, 0.6) is 0 Å². The monoisotopic (exact) mass is 250 g/mol. The molecule has 17 heavy (non-hydrogen) atoms. The zero-order chi connectivity index (χ0) is 12.1. The quantitative estimate of drug-likeness (QED) is 0.636. The van der Waals surface area contributed by atoms with Gasteiger partial charge in [0.1, 0.15) is 0 Å². The lowest BCUT2D eigenvalue weighted by Crippen LogP contribution is -2.48. The molecule has 2 heterocycles. The van der Waals surface area contributed by atoms with Crippen molar-refractivity contribution in [3.63, 3.8) is 0 Å². The van der Waals surface area contributed by atoms with Gasteiger partial charge in [0.05, 0.1) is 0 Å². The molecule has 5 heteroatoms. The fourth-order valence-corrected chi connectivity index (χ4v) is 2.26. The number of carbonyl (C=O) groups excluding carboxylic acids is 2. The van der Waals surface area contributed by atoms with E-state index in [1.165, 1.54) is 17.4 Å². The SMILES string of the molecule is O=C(/C=C/c1cccs1)C(=O)N1CCNCC1. The molecule has 1 aromatic heterocycles. The second-order valence-electron chi connectivity index (χ2n) is 3.76. The van der Waals surface area contributed by atoms with Gasteiger partial charge in [-0.2, -0.15) is 0 Å². The molecule has 4 nitrogen and oxygen atoms in total. The number of thiophene rings is 1. The van der Waals surface area contributed by atoms with Crippen molar-refractivity contribution in [2.45, 2.75) is 0 Å². The molecule has 1 amide bonds. The molecule has 0 atom stereocenters. The third-order valence-electron chi connectivity index (χ3n) is 2.56. The van der Waals surface area contributed by atoms with E-state index in [1.54, 1.807) is 11.0 Å².